The van der Waals surface area contributed by atoms with Gasteiger partial charge in [0, 0.05) is 19.3 Å². The molecule has 98 valence electrons. The highest BCUT2D eigenvalue weighted by Gasteiger charge is 2.06. The lowest BCUT2D eigenvalue weighted by molar-refractivity contribution is 0.436. The van der Waals surface area contributed by atoms with Gasteiger partial charge in [-0.25, -0.2) is 0 Å². The van der Waals surface area contributed by atoms with Gasteiger partial charge in [-0.3, -0.25) is 4.68 Å². The maximum absolute atomic E-state index is 4.41. The fraction of sp³-hybridized carbons (Fsp3) is 0.786. The summed E-state index contributed by atoms with van der Waals surface area (Å²) in [6.07, 6.45) is 9.42. The van der Waals surface area contributed by atoms with Crippen molar-refractivity contribution >= 4 is 0 Å². The molecular weight excluding hydrogens is 210 g/mol. The molecule has 0 aromatic carbocycles. The van der Waals surface area contributed by atoms with Crippen molar-refractivity contribution in [1.82, 2.24) is 15.1 Å². The molecule has 0 aliphatic rings. The molecule has 17 heavy (non-hydrogen) atoms. The Bertz CT molecular complexity index is 293. The molecule has 1 heterocycles. The minimum atomic E-state index is 0.698. The second-order valence-electron chi connectivity index (χ2n) is 4.81. The minimum absolute atomic E-state index is 0.698. The van der Waals surface area contributed by atoms with E-state index >= 15 is 0 Å². The number of aromatic nitrogens is 2. The van der Waals surface area contributed by atoms with Gasteiger partial charge < -0.3 is 5.32 Å². The molecule has 0 amide bonds. The van der Waals surface area contributed by atoms with Crippen molar-refractivity contribution in [1.29, 1.82) is 0 Å². The minimum Gasteiger partial charge on any atom is -0.314 e. The van der Waals surface area contributed by atoms with Crippen LogP contribution in [0.2, 0.25) is 0 Å². The van der Waals surface area contributed by atoms with E-state index in [1.54, 1.807) is 0 Å². The average molecular weight is 237 g/mol. The Morgan fingerprint density at radius 3 is 2.71 bits per heavy atom. The molecule has 1 atom stereocenters. The van der Waals surface area contributed by atoms with Gasteiger partial charge in [-0.15, -0.1) is 0 Å². The summed E-state index contributed by atoms with van der Waals surface area (Å²) >= 11 is 0. The Kier molecular flexibility index (Phi) is 6.94. The third-order valence-electron chi connectivity index (χ3n) is 3.07. The molecule has 0 aliphatic carbocycles. The van der Waals surface area contributed by atoms with Crippen molar-refractivity contribution in [3.63, 3.8) is 0 Å². The molecule has 1 N–H and O–H groups in total. The summed E-state index contributed by atoms with van der Waals surface area (Å²) < 4.78 is 1.88. The van der Waals surface area contributed by atoms with E-state index in [0.29, 0.717) is 6.04 Å². The van der Waals surface area contributed by atoms with Crippen LogP contribution in [0.5, 0.6) is 0 Å². The van der Waals surface area contributed by atoms with Crippen LogP contribution in [0.1, 0.15) is 51.6 Å². The van der Waals surface area contributed by atoms with E-state index < -0.39 is 0 Å². The van der Waals surface area contributed by atoms with Gasteiger partial charge in [-0.1, -0.05) is 20.3 Å². The first kappa shape index (κ1) is 14.2. The molecule has 3 nitrogen and oxygen atoms in total. The third-order valence-corrected chi connectivity index (χ3v) is 3.07. The smallest absolute Gasteiger partial charge is 0.0624 e. The van der Waals surface area contributed by atoms with Gasteiger partial charge in [0.05, 0.1) is 5.69 Å². The third kappa shape index (κ3) is 5.87. The number of aryl methyl sites for hydroxylation is 2. The monoisotopic (exact) mass is 237 g/mol. The molecule has 0 saturated heterocycles. The Balaban J connectivity index is 2.21. The highest BCUT2D eigenvalue weighted by molar-refractivity contribution is 4.98. The molecule has 1 rings (SSSR count). The maximum atomic E-state index is 4.41. The largest absolute Gasteiger partial charge is 0.314 e. The van der Waals surface area contributed by atoms with Crippen molar-refractivity contribution in [2.75, 3.05) is 6.54 Å². The number of hydrogen-bond acceptors (Lipinski definition) is 2. The fourth-order valence-electron chi connectivity index (χ4n) is 2.17. The molecule has 1 aromatic heterocycles. The van der Waals surface area contributed by atoms with Crippen LogP contribution < -0.4 is 5.32 Å². The molecule has 1 aromatic rings. The van der Waals surface area contributed by atoms with Crippen molar-refractivity contribution in [3.05, 3.63) is 18.0 Å². The topological polar surface area (TPSA) is 29.9 Å². The molecule has 0 saturated carbocycles. The van der Waals surface area contributed by atoms with Gasteiger partial charge in [0.1, 0.15) is 0 Å². The lowest BCUT2D eigenvalue weighted by atomic mass is 10.0. The van der Waals surface area contributed by atoms with Crippen LogP contribution in [0.4, 0.5) is 0 Å². The first-order valence-corrected chi connectivity index (χ1v) is 6.98. The van der Waals surface area contributed by atoms with Crippen LogP contribution in [0, 0.1) is 0 Å². The summed E-state index contributed by atoms with van der Waals surface area (Å²) in [4.78, 5) is 0. The quantitative estimate of drug-likeness (QED) is 0.715. The zero-order chi connectivity index (χ0) is 12.5. The van der Waals surface area contributed by atoms with Crippen LogP contribution in [0.15, 0.2) is 12.3 Å². The Morgan fingerprint density at radius 1 is 1.29 bits per heavy atom. The summed E-state index contributed by atoms with van der Waals surface area (Å²) in [6, 6.07) is 2.82. The summed E-state index contributed by atoms with van der Waals surface area (Å²) in [5.41, 5.74) is 1.22. The molecule has 0 fully saturated rings. The Labute approximate surface area is 106 Å². The van der Waals surface area contributed by atoms with Crippen molar-refractivity contribution in [2.45, 2.75) is 58.4 Å². The molecule has 0 aliphatic heterocycles. The molecule has 3 heteroatoms. The second-order valence-corrected chi connectivity index (χ2v) is 4.81. The van der Waals surface area contributed by atoms with E-state index in [2.05, 4.69) is 30.3 Å². The SMILES string of the molecule is CCCNC(CCC)CCCc1ccn(C)n1. The zero-order valence-electron chi connectivity index (χ0n) is 11.6. The van der Waals surface area contributed by atoms with E-state index in [9.17, 15) is 0 Å². The molecule has 1 unspecified atom stereocenters. The van der Waals surface area contributed by atoms with Gasteiger partial charge in [-0.05, 0) is 44.7 Å². The molecule has 0 spiro atoms. The number of hydrogen-bond donors (Lipinski definition) is 1. The normalized spacial score (nSPS) is 12.9. The fourth-order valence-corrected chi connectivity index (χ4v) is 2.17. The number of rotatable bonds is 9. The number of nitrogens with one attached hydrogen (secondary N) is 1. The van der Waals surface area contributed by atoms with E-state index in [1.165, 1.54) is 37.8 Å². The van der Waals surface area contributed by atoms with Crippen LogP contribution in [-0.4, -0.2) is 22.4 Å². The van der Waals surface area contributed by atoms with E-state index in [1.807, 2.05) is 17.9 Å². The van der Waals surface area contributed by atoms with Crippen molar-refractivity contribution in [3.8, 4) is 0 Å². The maximum Gasteiger partial charge on any atom is 0.0624 e. The average Bonchev–Trinajstić information content (AvgIpc) is 2.72. The Morgan fingerprint density at radius 2 is 2.12 bits per heavy atom. The second kappa shape index (κ2) is 8.29. The highest BCUT2D eigenvalue weighted by Crippen LogP contribution is 2.08. The van der Waals surface area contributed by atoms with Gasteiger partial charge in [0.25, 0.3) is 0 Å². The lowest BCUT2D eigenvalue weighted by Crippen LogP contribution is -2.29. The first-order valence-electron chi connectivity index (χ1n) is 6.98. The van der Waals surface area contributed by atoms with Crippen molar-refractivity contribution in [2.24, 2.45) is 7.05 Å². The van der Waals surface area contributed by atoms with Crippen LogP contribution in [-0.2, 0) is 13.5 Å². The predicted octanol–water partition coefficient (Wildman–Crippen LogP) is 2.91. The Hall–Kier alpha value is -0.830. The first-order chi connectivity index (χ1) is 8.26. The van der Waals surface area contributed by atoms with Gasteiger partial charge in [0.2, 0.25) is 0 Å². The van der Waals surface area contributed by atoms with Crippen molar-refractivity contribution < 1.29 is 0 Å². The van der Waals surface area contributed by atoms with Gasteiger partial charge in [-0.2, -0.15) is 5.10 Å². The summed E-state index contributed by atoms with van der Waals surface area (Å²) in [7, 11) is 1.98. The standard InChI is InChI=1S/C14H27N3/c1-4-7-13(15-11-5-2)8-6-9-14-10-12-17(3)16-14/h10,12-13,15H,4-9,11H2,1-3H3. The predicted molar refractivity (Wildman–Crippen MR) is 73.1 cm³/mol. The van der Waals surface area contributed by atoms with E-state index in [4.69, 9.17) is 0 Å². The van der Waals surface area contributed by atoms with E-state index in [0.717, 1.165) is 13.0 Å². The lowest BCUT2D eigenvalue weighted by Gasteiger charge is -2.17. The summed E-state index contributed by atoms with van der Waals surface area (Å²) in [5.74, 6) is 0. The van der Waals surface area contributed by atoms with E-state index in [-0.39, 0.29) is 0 Å². The molecule has 0 bridgehead atoms. The van der Waals surface area contributed by atoms with Gasteiger partial charge in [0.15, 0.2) is 0 Å². The van der Waals surface area contributed by atoms with Crippen LogP contribution in [0.25, 0.3) is 0 Å². The zero-order valence-corrected chi connectivity index (χ0v) is 11.6. The van der Waals surface area contributed by atoms with Crippen LogP contribution >= 0.6 is 0 Å². The highest BCUT2D eigenvalue weighted by atomic mass is 15.2. The molecule has 0 radical (unpaired) electrons. The summed E-state index contributed by atoms with van der Waals surface area (Å²) in [6.45, 7) is 5.64. The van der Waals surface area contributed by atoms with Crippen LogP contribution in [0.3, 0.4) is 0 Å². The van der Waals surface area contributed by atoms with Gasteiger partial charge >= 0.3 is 0 Å². The molecular formula is C14H27N3. The number of nitrogens with zero attached hydrogens (tertiary/aromatic N) is 2. The summed E-state index contributed by atoms with van der Waals surface area (Å²) in [5, 5.41) is 8.05.